The molecule has 0 spiro atoms. The molecule has 0 aliphatic rings. The van der Waals surface area contributed by atoms with Crippen LogP contribution < -0.4 is 5.32 Å². The molecular formula is C20H19N3O2. The number of nitrogens with one attached hydrogen (secondary N) is 1. The van der Waals surface area contributed by atoms with Gasteiger partial charge in [0.15, 0.2) is 0 Å². The molecule has 3 rings (SSSR count). The number of hydrogen-bond acceptors (Lipinski definition) is 4. The van der Waals surface area contributed by atoms with E-state index >= 15 is 0 Å². The van der Waals surface area contributed by atoms with Gasteiger partial charge in [-0.2, -0.15) is 0 Å². The fourth-order valence-electron chi connectivity index (χ4n) is 2.46. The summed E-state index contributed by atoms with van der Waals surface area (Å²) in [5.74, 6) is 1.31. The Morgan fingerprint density at radius 2 is 1.80 bits per heavy atom. The monoisotopic (exact) mass is 333 g/mol. The quantitative estimate of drug-likeness (QED) is 0.718. The van der Waals surface area contributed by atoms with E-state index < -0.39 is 0 Å². The minimum atomic E-state index is -0.165. The summed E-state index contributed by atoms with van der Waals surface area (Å²) in [7, 11) is 0. The van der Waals surface area contributed by atoms with E-state index in [1.807, 2.05) is 50.2 Å². The predicted molar refractivity (Wildman–Crippen MR) is 96.5 cm³/mol. The van der Waals surface area contributed by atoms with Crippen LogP contribution in [0.1, 0.15) is 30.0 Å². The molecular weight excluding hydrogens is 314 g/mol. The van der Waals surface area contributed by atoms with Gasteiger partial charge in [0, 0.05) is 24.0 Å². The van der Waals surface area contributed by atoms with E-state index in [0.717, 1.165) is 22.5 Å². The number of rotatable bonds is 5. The fourth-order valence-corrected chi connectivity index (χ4v) is 2.46. The molecule has 0 bridgehead atoms. The summed E-state index contributed by atoms with van der Waals surface area (Å²) in [4.78, 5) is 20.1. The van der Waals surface area contributed by atoms with Gasteiger partial charge in [0.1, 0.15) is 17.8 Å². The van der Waals surface area contributed by atoms with Crippen LogP contribution in [0.15, 0.2) is 65.6 Å². The summed E-state index contributed by atoms with van der Waals surface area (Å²) in [6.45, 7) is 3.81. The average Bonchev–Trinajstić information content (AvgIpc) is 3.06. The van der Waals surface area contributed by atoms with Crippen LogP contribution in [0.5, 0.6) is 0 Å². The molecule has 2 aromatic heterocycles. The number of aryl methyl sites for hydroxylation is 1. The number of furan rings is 1. The Hall–Kier alpha value is -3.21. The zero-order valence-corrected chi connectivity index (χ0v) is 14.1. The van der Waals surface area contributed by atoms with E-state index in [2.05, 4.69) is 15.3 Å². The molecule has 0 fully saturated rings. The third-order valence-corrected chi connectivity index (χ3v) is 3.82. The molecule has 25 heavy (non-hydrogen) atoms. The largest absolute Gasteiger partial charge is 0.462 e. The number of benzene rings is 1. The van der Waals surface area contributed by atoms with E-state index in [1.54, 1.807) is 18.5 Å². The van der Waals surface area contributed by atoms with Crippen molar-refractivity contribution in [2.75, 3.05) is 0 Å². The van der Waals surface area contributed by atoms with Gasteiger partial charge in [0.25, 0.3) is 0 Å². The Morgan fingerprint density at radius 3 is 2.44 bits per heavy atom. The lowest BCUT2D eigenvalue weighted by Gasteiger charge is -2.13. The molecule has 0 saturated heterocycles. The van der Waals surface area contributed by atoms with Crippen molar-refractivity contribution in [2.45, 2.75) is 19.9 Å². The van der Waals surface area contributed by atoms with Crippen molar-refractivity contribution in [2.24, 2.45) is 0 Å². The highest BCUT2D eigenvalue weighted by atomic mass is 16.3. The average molecular weight is 333 g/mol. The van der Waals surface area contributed by atoms with E-state index in [-0.39, 0.29) is 11.9 Å². The van der Waals surface area contributed by atoms with Gasteiger partial charge in [0.2, 0.25) is 5.91 Å². The van der Waals surface area contributed by atoms with Crippen LogP contribution in [-0.4, -0.2) is 15.9 Å². The first-order valence-corrected chi connectivity index (χ1v) is 8.02. The predicted octanol–water partition coefficient (Wildman–Crippen LogP) is 3.94. The number of hydrogen-bond donors (Lipinski definition) is 1. The van der Waals surface area contributed by atoms with Crippen molar-refractivity contribution >= 4 is 12.0 Å². The lowest BCUT2D eigenvalue weighted by molar-refractivity contribution is -0.117. The molecule has 1 amide bonds. The van der Waals surface area contributed by atoms with Crippen LogP contribution in [0.4, 0.5) is 0 Å². The molecule has 0 aliphatic heterocycles. The molecule has 0 aliphatic carbocycles. The second-order valence-corrected chi connectivity index (χ2v) is 5.76. The van der Waals surface area contributed by atoms with Crippen molar-refractivity contribution in [3.8, 4) is 11.1 Å². The molecule has 3 aromatic rings. The van der Waals surface area contributed by atoms with E-state index in [1.165, 1.54) is 12.4 Å². The molecule has 5 nitrogen and oxygen atoms in total. The Morgan fingerprint density at radius 1 is 1.08 bits per heavy atom. The zero-order chi connectivity index (χ0) is 17.6. The molecule has 2 heterocycles. The molecule has 1 atom stereocenters. The maximum atomic E-state index is 12.0. The van der Waals surface area contributed by atoms with Crippen LogP contribution in [0.3, 0.4) is 0 Å². The maximum absolute atomic E-state index is 12.0. The van der Waals surface area contributed by atoms with Gasteiger partial charge in [-0.05, 0) is 43.2 Å². The third-order valence-electron chi connectivity index (χ3n) is 3.82. The first-order chi connectivity index (χ1) is 12.1. The van der Waals surface area contributed by atoms with Gasteiger partial charge < -0.3 is 9.73 Å². The van der Waals surface area contributed by atoms with Gasteiger partial charge in [-0.3, -0.25) is 4.79 Å². The second-order valence-electron chi connectivity index (χ2n) is 5.76. The van der Waals surface area contributed by atoms with Crippen LogP contribution in [0, 0.1) is 6.92 Å². The van der Waals surface area contributed by atoms with Gasteiger partial charge in [0.05, 0.1) is 6.04 Å². The minimum Gasteiger partial charge on any atom is -0.462 e. The van der Waals surface area contributed by atoms with Gasteiger partial charge in [-0.1, -0.05) is 24.3 Å². The minimum absolute atomic E-state index is 0.100. The first-order valence-electron chi connectivity index (χ1n) is 8.02. The summed E-state index contributed by atoms with van der Waals surface area (Å²) >= 11 is 0. The normalized spacial score (nSPS) is 12.2. The summed E-state index contributed by atoms with van der Waals surface area (Å²) in [6, 6.07) is 11.6. The molecule has 1 aromatic carbocycles. The molecule has 0 unspecified atom stereocenters. The van der Waals surface area contributed by atoms with Crippen LogP contribution in [0.2, 0.25) is 0 Å². The number of carbonyl (C=O) groups is 1. The highest BCUT2D eigenvalue weighted by molar-refractivity contribution is 5.91. The zero-order valence-electron chi connectivity index (χ0n) is 14.1. The molecule has 0 saturated carbocycles. The van der Waals surface area contributed by atoms with Crippen molar-refractivity contribution < 1.29 is 9.21 Å². The van der Waals surface area contributed by atoms with Crippen LogP contribution >= 0.6 is 0 Å². The third kappa shape index (κ3) is 4.41. The molecule has 1 N–H and O–H groups in total. The van der Waals surface area contributed by atoms with E-state index in [0.29, 0.717) is 5.76 Å². The van der Waals surface area contributed by atoms with E-state index in [9.17, 15) is 4.79 Å². The summed E-state index contributed by atoms with van der Waals surface area (Å²) < 4.78 is 5.40. The van der Waals surface area contributed by atoms with Crippen molar-refractivity contribution in [1.29, 1.82) is 0 Å². The fraction of sp³-hybridized carbons (Fsp3) is 0.150. The summed E-state index contributed by atoms with van der Waals surface area (Å²) in [5, 5.41) is 2.94. The Bertz CT molecular complexity index is 867. The lowest BCUT2D eigenvalue weighted by atomic mass is 10.0. The van der Waals surface area contributed by atoms with E-state index in [4.69, 9.17) is 4.42 Å². The van der Waals surface area contributed by atoms with Crippen LogP contribution in [-0.2, 0) is 4.79 Å². The van der Waals surface area contributed by atoms with Crippen LogP contribution in [0.25, 0.3) is 17.2 Å². The smallest absolute Gasteiger partial charge is 0.244 e. The van der Waals surface area contributed by atoms with Gasteiger partial charge in [-0.25, -0.2) is 9.97 Å². The number of carbonyl (C=O) groups excluding carboxylic acids is 1. The van der Waals surface area contributed by atoms with Gasteiger partial charge >= 0.3 is 0 Å². The summed E-state index contributed by atoms with van der Waals surface area (Å²) in [5.41, 5.74) is 3.02. The Balaban J connectivity index is 1.62. The number of nitrogens with zero attached hydrogens (tertiary/aromatic N) is 2. The number of aromatic nitrogens is 2. The maximum Gasteiger partial charge on any atom is 0.244 e. The van der Waals surface area contributed by atoms with Gasteiger partial charge in [-0.15, -0.1) is 0 Å². The first kappa shape index (κ1) is 16.6. The molecule has 5 heteroatoms. The topological polar surface area (TPSA) is 68.0 Å². The summed E-state index contributed by atoms with van der Waals surface area (Å²) in [6.07, 6.45) is 8.19. The number of amides is 1. The standard InChI is InChI=1S/C20H19N3O2/c1-14-3-8-19(25-14)9-10-20(24)23-15(2)16-4-6-17(7-5-16)18-11-21-13-22-12-18/h3-13,15H,1-2H3,(H,23,24)/b10-9+/t15-/m0/s1. The lowest BCUT2D eigenvalue weighted by Crippen LogP contribution is -2.24. The Labute approximate surface area is 146 Å². The van der Waals surface area contributed by atoms with Crippen molar-refractivity contribution in [3.05, 3.63) is 78.3 Å². The molecule has 0 radical (unpaired) electrons. The Kier molecular flexibility index (Phi) is 5.04. The highest BCUT2D eigenvalue weighted by Gasteiger charge is 2.08. The second kappa shape index (κ2) is 7.57. The SMILES string of the molecule is Cc1ccc(/C=C/C(=O)N[C@@H](C)c2ccc(-c3cncnc3)cc2)o1. The highest BCUT2D eigenvalue weighted by Crippen LogP contribution is 2.20. The van der Waals surface area contributed by atoms with Crippen molar-refractivity contribution in [1.82, 2.24) is 15.3 Å². The van der Waals surface area contributed by atoms with Crippen molar-refractivity contribution in [3.63, 3.8) is 0 Å². The molecule has 126 valence electrons.